The van der Waals surface area contributed by atoms with E-state index in [2.05, 4.69) is 25.4 Å². The van der Waals surface area contributed by atoms with Crippen LogP contribution < -0.4 is 5.32 Å². The molecular formula is C19H16FN5O2. The van der Waals surface area contributed by atoms with Gasteiger partial charge in [-0.05, 0) is 42.8 Å². The Morgan fingerprint density at radius 2 is 2.07 bits per heavy atom. The van der Waals surface area contributed by atoms with Crippen LogP contribution in [-0.2, 0) is 17.8 Å². The maximum atomic E-state index is 13.5. The quantitative estimate of drug-likeness (QED) is 0.567. The van der Waals surface area contributed by atoms with Gasteiger partial charge in [0.05, 0.1) is 13.0 Å². The van der Waals surface area contributed by atoms with Crippen LogP contribution in [0.15, 0.2) is 47.2 Å². The number of H-pyrrole nitrogens is 1. The molecule has 3 heterocycles. The number of fused-ring (bicyclic) bond motifs is 1. The maximum Gasteiger partial charge on any atom is 0.246 e. The second kappa shape index (κ2) is 6.99. The number of hydrogen-bond acceptors (Lipinski definition) is 5. The lowest BCUT2D eigenvalue weighted by Crippen LogP contribution is -2.24. The first-order chi connectivity index (χ1) is 13.1. The van der Waals surface area contributed by atoms with Crippen LogP contribution >= 0.6 is 0 Å². The third-order valence-corrected chi connectivity index (χ3v) is 4.26. The first-order valence-corrected chi connectivity index (χ1v) is 8.36. The SMILES string of the molecule is Cc1[nH]c2ccc(F)cc2c1CC(=O)NCc1nc(-c2ccncc2)no1. The second-order valence-corrected chi connectivity index (χ2v) is 6.12. The summed E-state index contributed by atoms with van der Waals surface area (Å²) < 4.78 is 18.7. The molecule has 0 bridgehead atoms. The molecule has 0 atom stereocenters. The van der Waals surface area contributed by atoms with Gasteiger partial charge >= 0.3 is 0 Å². The molecule has 7 nitrogen and oxygen atoms in total. The van der Waals surface area contributed by atoms with Crippen molar-refractivity contribution in [2.24, 2.45) is 0 Å². The van der Waals surface area contributed by atoms with E-state index in [4.69, 9.17) is 4.52 Å². The number of pyridine rings is 1. The van der Waals surface area contributed by atoms with Gasteiger partial charge in [-0.3, -0.25) is 9.78 Å². The topological polar surface area (TPSA) is 96.7 Å². The van der Waals surface area contributed by atoms with Crippen LogP contribution in [0.5, 0.6) is 0 Å². The third kappa shape index (κ3) is 3.55. The smallest absolute Gasteiger partial charge is 0.246 e. The molecule has 0 aliphatic carbocycles. The summed E-state index contributed by atoms with van der Waals surface area (Å²) in [4.78, 5) is 23.7. The summed E-state index contributed by atoms with van der Waals surface area (Å²) >= 11 is 0. The van der Waals surface area contributed by atoms with E-state index >= 15 is 0 Å². The number of halogens is 1. The Hall–Kier alpha value is -3.55. The Kier molecular flexibility index (Phi) is 4.37. The van der Waals surface area contributed by atoms with E-state index in [0.29, 0.717) is 17.1 Å². The van der Waals surface area contributed by atoms with Crippen molar-refractivity contribution < 1.29 is 13.7 Å². The molecule has 0 saturated heterocycles. The fourth-order valence-electron chi connectivity index (χ4n) is 2.92. The fraction of sp³-hybridized carbons (Fsp3) is 0.158. The minimum absolute atomic E-state index is 0.118. The zero-order valence-corrected chi connectivity index (χ0v) is 14.5. The summed E-state index contributed by atoms with van der Waals surface area (Å²) in [5, 5.41) is 7.36. The summed E-state index contributed by atoms with van der Waals surface area (Å²) in [6, 6.07) is 8.02. The molecule has 2 N–H and O–H groups in total. The molecule has 0 radical (unpaired) electrons. The Labute approximate surface area is 153 Å². The number of aryl methyl sites for hydroxylation is 1. The number of amides is 1. The number of rotatable bonds is 5. The third-order valence-electron chi connectivity index (χ3n) is 4.26. The van der Waals surface area contributed by atoms with Crippen LogP contribution in [-0.4, -0.2) is 26.0 Å². The molecule has 4 rings (SSSR count). The van der Waals surface area contributed by atoms with Crippen molar-refractivity contribution in [3.05, 3.63) is 65.7 Å². The number of aromatic nitrogens is 4. The zero-order valence-electron chi connectivity index (χ0n) is 14.5. The Morgan fingerprint density at radius 1 is 1.26 bits per heavy atom. The summed E-state index contributed by atoms with van der Waals surface area (Å²) in [5.74, 6) is 0.186. The molecule has 3 aromatic heterocycles. The van der Waals surface area contributed by atoms with Crippen LogP contribution in [0.1, 0.15) is 17.1 Å². The van der Waals surface area contributed by atoms with Gasteiger partial charge in [0, 0.05) is 34.6 Å². The first kappa shape index (κ1) is 16.9. The first-order valence-electron chi connectivity index (χ1n) is 8.36. The van der Waals surface area contributed by atoms with E-state index < -0.39 is 0 Å². The number of aromatic amines is 1. The zero-order chi connectivity index (χ0) is 18.8. The summed E-state index contributed by atoms with van der Waals surface area (Å²) in [6.45, 7) is 1.98. The van der Waals surface area contributed by atoms with E-state index in [1.165, 1.54) is 12.1 Å². The van der Waals surface area contributed by atoms with Gasteiger partial charge in [-0.1, -0.05) is 5.16 Å². The Balaban J connectivity index is 1.43. The van der Waals surface area contributed by atoms with E-state index in [9.17, 15) is 9.18 Å². The lowest BCUT2D eigenvalue weighted by molar-refractivity contribution is -0.120. The lowest BCUT2D eigenvalue weighted by atomic mass is 10.1. The number of carbonyl (C=O) groups excluding carboxylic acids is 1. The average Bonchev–Trinajstić information content (AvgIpc) is 3.26. The van der Waals surface area contributed by atoms with Crippen molar-refractivity contribution >= 4 is 16.8 Å². The molecule has 1 amide bonds. The van der Waals surface area contributed by atoms with Crippen LogP contribution in [0.3, 0.4) is 0 Å². The highest BCUT2D eigenvalue weighted by Crippen LogP contribution is 2.23. The van der Waals surface area contributed by atoms with Gasteiger partial charge in [0.1, 0.15) is 5.82 Å². The fourth-order valence-corrected chi connectivity index (χ4v) is 2.92. The molecule has 0 saturated carbocycles. The van der Waals surface area contributed by atoms with Gasteiger partial charge < -0.3 is 14.8 Å². The van der Waals surface area contributed by atoms with Gasteiger partial charge in [-0.2, -0.15) is 4.98 Å². The number of carbonyl (C=O) groups is 1. The maximum absolute atomic E-state index is 13.5. The van der Waals surface area contributed by atoms with E-state index in [0.717, 1.165) is 22.3 Å². The molecule has 0 unspecified atom stereocenters. The predicted molar refractivity (Wildman–Crippen MR) is 96.1 cm³/mol. The molecule has 0 aliphatic heterocycles. The number of nitrogens with one attached hydrogen (secondary N) is 2. The van der Waals surface area contributed by atoms with E-state index in [1.54, 1.807) is 30.6 Å². The largest absolute Gasteiger partial charge is 0.358 e. The molecule has 8 heteroatoms. The van der Waals surface area contributed by atoms with E-state index in [1.807, 2.05) is 6.92 Å². The van der Waals surface area contributed by atoms with Gasteiger partial charge in [-0.15, -0.1) is 0 Å². The molecule has 1 aromatic carbocycles. The van der Waals surface area contributed by atoms with Crippen molar-refractivity contribution in [3.63, 3.8) is 0 Å². The Bertz CT molecular complexity index is 1100. The molecule has 0 aliphatic rings. The highest BCUT2D eigenvalue weighted by atomic mass is 19.1. The normalized spacial score (nSPS) is 11.0. The molecule has 27 heavy (non-hydrogen) atoms. The van der Waals surface area contributed by atoms with E-state index in [-0.39, 0.29) is 24.7 Å². The van der Waals surface area contributed by atoms with Crippen LogP contribution in [0.2, 0.25) is 0 Å². The standard InChI is InChI=1S/C19H16FN5O2/c1-11-14(15-8-13(20)2-3-16(15)23-11)9-17(26)22-10-18-24-19(25-27-18)12-4-6-21-7-5-12/h2-8,23H,9-10H2,1H3,(H,22,26). The van der Waals surface area contributed by atoms with Crippen LogP contribution in [0.4, 0.5) is 4.39 Å². The molecule has 136 valence electrons. The number of benzene rings is 1. The van der Waals surface area contributed by atoms with Crippen LogP contribution in [0.25, 0.3) is 22.3 Å². The second-order valence-electron chi connectivity index (χ2n) is 6.12. The molecule has 4 aromatic rings. The van der Waals surface area contributed by atoms with Crippen molar-refractivity contribution in [2.45, 2.75) is 19.9 Å². The van der Waals surface area contributed by atoms with Gasteiger partial charge in [0.25, 0.3) is 0 Å². The molecular weight excluding hydrogens is 349 g/mol. The van der Waals surface area contributed by atoms with Gasteiger partial charge in [-0.25, -0.2) is 4.39 Å². The Morgan fingerprint density at radius 3 is 2.89 bits per heavy atom. The number of nitrogens with zero attached hydrogens (tertiary/aromatic N) is 3. The molecule has 0 spiro atoms. The minimum atomic E-state index is -0.336. The minimum Gasteiger partial charge on any atom is -0.358 e. The van der Waals surface area contributed by atoms with Crippen LogP contribution in [0, 0.1) is 12.7 Å². The number of hydrogen-bond donors (Lipinski definition) is 2. The highest BCUT2D eigenvalue weighted by Gasteiger charge is 2.14. The van der Waals surface area contributed by atoms with Gasteiger partial charge in [0.2, 0.25) is 17.6 Å². The summed E-state index contributed by atoms with van der Waals surface area (Å²) in [5.41, 5.74) is 3.19. The van der Waals surface area contributed by atoms with Crippen molar-refractivity contribution in [3.8, 4) is 11.4 Å². The van der Waals surface area contributed by atoms with Crippen molar-refractivity contribution in [1.82, 2.24) is 25.4 Å². The highest BCUT2D eigenvalue weighted by molar-refractivity contribution is 5.90. The summed E-state index contributed by atoms with van der Waals surface area (Å²) in [7, 11) is 0. The predicted octanol–water partition coefficient (Wildman–Crippen LogP) is 2.92. The van der Waals surface area contributed by atoms with Crippen molar-refractivity contribution in [2.75, 3.05) is 0 Å². The lowest BCUT2D eigenvalue weighted by Gasteiger charge is -2.03. The van der Waals surface area contributed by atoms with Crippen molar-refractivity contribution in [1.29, 1.82) is 0 Å². The van der Waals surface area contributed by atoms with Gasteiger partial charge in [0.15, 0.2) is 0 Å². The average molecular weight is 365 g/mol. The monoisotopic (exact) mass is 365 g/mol. The molecule has 0 fully saturated rings. The summed E-state index contributed by atoms with van der Waals surface area (Å²) in [6.07, 6.45) is 3.40.